The summed E-state index contributed by atoms with van der Waals surface area (Å²) < 4.78 is 22.4. The molecule has 0 spiro atoms. The minimum absolute atomic E-state index is 0.0564. The molecule has 6 heteroatoms. The number of benzene rings is 2. The van der Waals surface area contributed by atoms with Crippen LogP contribution in [0.5, 0.6) is 0 Å². The predicted molar refractivity (Wildman–Crippen MR) is 84.1 cm³/mol. The summed E-state index contributed by atoms with van der Waals surface area (Å²) in [5.41, 5.74) is 2.04. The van der Waals surface area contributed by atoms with Crippen LogP contribution in [0.3, 0.4) is 0 Å². The molecule has 0 radical (unpaired) electrons. The van der Waals surface area contributed by atoms with Crippen LogP contribution in [-0.2, 0) is 15.6 Å². The Bertz CT molecular complexity index is 834. The van der Waals surface area contributed by atoms with Gasteiger partial charge in [0.25, 0.3) is 5.91 Å². The number of anilines is 1. The van der Waals surface area contributed by atoms with E-state index in [0.29, 0.717) is 22.4 Å². The lowest BCUT2D eigenvalue weighted by molar-refractivity contribution is 0.102. The second-order valence-corrected chi connectivity index (χ2v) is 7.05. The fraction of sp³-hybridized carbons (Fsp3) is 0.125. The molecule has 0 aromatic heterocycles. The Kier molecular flexibility index (Phi) is 4.59. The lowest BCUT2D eigenvalue weighted by atomic mass is 10.1. The fourth-order valence-electron chi connectivity index (χ4n) is 1.92. The van der Waals surface area contributed by atoms with Crippen LogP contribution in [0.4, 0.5) is 5.69 Å². The molecule has 1 amide bonds. The normalized spacial score (nSPS) is 10.7. The van der Waals surface area contributed by atoms with Gasteiger partial charge in [0.1, 0.15) is 0 Å². The van der Waals surface area contributed by atoms with Gasteiger partial charge in [0.15, 0.2) is 9.84 Å². The van der Waals surface area contributed by atoms with Gasteiger partial charge in [0.2, 0.25) is 0 Å². The molecule has 22 heavy (non-hydrogen) atoms. The molecule has 0 aliphatic rings. The topological polar surface area (TPSA) is 87.0 Å². The summed E-state index contributed by atoms with van der Waals surface area (Å²) in [6.07, 6.45) is 1.16. The second kappa shape index (κ2) is 6.41. The highest BCUT2D eigenvalue weighted by Gasteiger charge is 2.08. The average molecular weight is 314 g/mol. The summed E-state index contributed by atoms with van der Waals surface area (Å²) >= 11 is 0. The van der Waals surface area contributed by atoms with Crippen LogP contribution in [0.2, 0.25) is 0 Å². The van der Waals surface area contributed by atoms with Crippen LogP contribution in [-0.4, -0.2) is 20.6 Å². The first-order chi connectivity index (χ1) is 10.4. The molecule has 0 saturated carbocycles. The summed E-state index contributed by atoms with van der Waals surface area (Å²) in [4.78, 5) is 12.1. The Morgan fingerprint density at radius 3 is 2.45 bits per heavy atom. The van der Waals surface area contributed by atoms with Crippen molar-refractivity contribution < 1.29 is 13.2 Å². The highest BCUT2D eigenvalue weighted by atomic mass is 32.2. The van der Waals surface area contributed by atoms with Crippen LogP contribution in [0, 0.1) is 11.3 Å². The highest BCUT2D eigenvalue weighted by Crippen LogP contribution is 2.13. The third-order valence-electron chi connectivity index (χ3n) is 2.89. The number of sulfone groups is 1. The molecule has 5 nitrogen and oxygen atoms in total. The summed E-state index contributed by atoms with van der Waals surface area (Å²) in [6.45, 7) is 0. The fourth-order valence-corrected chi connectivity index (χ4v) is 2.72. The molecule has 0 saturated heterocycles. The van der Waals surface area contributed by atoms with Gasteiger partial charge in [-0.3, -0.25) is 4.79 Å². The van der Waals surface area contributed by atoms with Gasteiger partial charge in [0.05, 0.1) is 17.4 Å². The number of nitrogens with zero attached hydrogens (tertiary/aromatic N) is 1. The number of hydrogen-bond donors (Lipinski definition) is 1. The van der Waals surface area contributed by atoms with Crippen molar-refractivity contribution in [3.8, 4) is 6.07 Å². The van der Waals surface area contributed by atoms with Gasteiger partial charge in [-0.15, -0.1) is 0 Å². The molecule has 2 rings (SSSR count). The Balaban J connectivity index is 2.11. The molecule has 112 valence electrons. The average Bonchev–Trinajstić information content (AvgIpc) is 2.46. The standard InChI is InChI=1S/C16H14N2O3S/c1-22(20,21)11-12-5-7-14(8-6-12)16(19)18-15-4-2-3-13(9-15)10-17/h2-9H,11H2,1H3,(H,18,19). The summed E-state index contributed by atoms with van der Waals surface area (Å²) in [7, 11) is -3.10. The number of carbonyl (C=O) groups excluding carboxylic acids is 1. The molecule has 2 aromatic carbocycles. The van der Waals surface area contributed by atoms with Crippen LogP contribution in [0.25, 0.3) is 0 Å². The first-order valence-corrected chi connectivity index (χ1v) is 8.51. The Morgan fingerprint density at radius 1 is 1.18 bits per heavy atom. The summed E-state index contributed by atoms with van der Waals surface area (Å²) in [6, 6.07) is 15.0. The van der Waals surface area contributed by atoms with Gasteiger partial charge in [0, 0.05) is 17.5 Å². The molecular formula is C16H14N2O3S. The minimum atomic E-state index is -3.10. The van der Waals surface area contributed by atoms with Gasteiger partial charge in [-0.2, -0.15) is 5.26 Å². The maximum absolute atomic E-state index is 12.1. The number of amides is 1. The van der Waals surface area contributed by atoms with Gasteiger partial charge >= 0.3 is 0 Å². The van der Waals surface area contributed by atoms with Crippen LogP contribution in [0.15, 0.2) is 48.5 Å². The Hall–Kier alpha value is -2.65. The van der Waals surface area contributed by atoms with Crippen molar-refractivity contribution in [3.05, 3.63) is 65.2 Å². The Morgan fingerprint density at radius 2 is 1.86 bits per heavy atom. The molecule has 0 heterocycles. The van der Waals surface area contributed by atoms with Crippen LogP contribution >= 0.6 is 0 Å². The van der Waals surface area contributed by atoms with E-state index < -0.39 is 9.84 Å². The van der Waals surface area contributed by atoms with E-state index in [9.17, 15) is 13.2 Å². The van der Waals surface area contributed by atoms with E-state index in [1.165, 1.54) is 0 Å². The van der Waals surface area contributed by atoms with Crippen molar-refractivity contribution in [2.24, 2.45) is 0 Å². The van der Waals surface area contributed by atoms with E-state index >= 15 is 0 Å². The minimum Gasteiger partial charge on any atom is -0.322 e. The predicted octanol–water partition coefficient (Wildman–Crippen LogP) is 2.36. The van der Waals surface area contributed by atoms with E-state index in [4.69, 9.17) is 5.26 Å². The van der Waals surface area contributed by atoms with Gasteiger partial charge in [-0.05, 0) is 35.9 Å². The zero-order valence-corrected chi connectivity index (χ0v) is 12.7. The summed E-state index contributed by atoms with van der Waals surface area (Å²) in [5, 5.41) is 11.5. The van der Waals surface area contributed by atoms with Crippen molar-refractivity contribution in [2.75, 3.05) is 11.6 Å². The van der Waals surface area contributed by atoms with E-state index in [1.807, 2.05) is 6.07 Å². The van der Waals surface area contributed by atoms with Crippen molar-refractivity contribution in [1.82, 2.24) is 0 Å². The number of rotatable bonds is 4. The lowest BCUT2D eigenvalue weighted by Gasteiger charge is -2.06. The molecule has 2 aromatic rings. The van der Waals surface area contributed by atoms with Crippen LogP contribution in [0.1, 0.15) is 21.5 Å². The number of nitriles is 1. The molecule has 0 aliphatic heterocycles. The molecule has 0 aliphatic carbocycles. The third-order valence-corrected chi connectivity index (χ3v) is 3.75. The Labute approximate surface area is 129 Å². The number of nitrogens with one attached hydrogen (secondary N) is 1. The first kappa shape index (κ1) is 15.7. The zero-order valence-electron chi connectivity index (χ0n) is 11.9. The summed E-state index contributed by atoms with van der Waals surface area (Å²) in [5.74, 6) is -0.375. The van der Waals surface area contributed by atoms with Gasteiger partial charge in [-0.25, -0.2) is 8.42 Å². The highest BCUT2D eigenvalue weighted by molar-refractivity contribution is 7.89. The second-order valence-electron chi connectivity index (χ2n) is 4.91. The number of hydrogen-bond acceptors (Lipinski definition) is 4. The zero-order chi connectivity index (χ0) is 16.2. The first-order valence-electron chi connectivity index (χ1n) is 6.45. The maximum Gasteiger partial charge on any atom is 0.255 e. The maximum atomic E-state index is 12.1. The number of carbonyl (C=O) groups is 1. The molecule has 0 fully saturated rings. The molecule has 0 bridgehead atoms. The van der Waals surface area contributed by atoms with Crippen molar-refractivity contribution in [2.45, 2.75) is 5.75 Å². The van der Waals surface area contributed by atoms with E-state index in [1.54, 1.807) is 48.5 Å². The van der Waals surface area contributed by atoms with Crippen molar-refractivity contribution >= 4 is 21.4 Å². The molecule has 0 atom stereocenters. The molecule has 0 unspecified atom stereocenters. The third kappa shape index (κ3) is 4.43. The van der Waals surface area contributed by atoms with E-state index in [0.717, 1.165) is 6.26 Å². The monoisotopic (exact) mass is 314 g/mol. The van der Waals surface area contributed by atoms with Gasteiger partial charge < -0.3 is 5.32 Å². The van der Waals surface area contributed by atoms with Crippen LogP contribution < -0.4 is 5.32 Å². The van der Waals surface area contributed by atoms with E-state index in [2.05, 4.69) is 5.32 Å². The lowest BCUT2D eigenvalue weighted by Crippen LogP contribution is -2.12. The smallest absolute Gasteiger partial charge is 0.255 e. The molecule has 1 N–H and O–H groups in total. The van der Waals surface area contributed by atoms with Crippen molar-refractivity contribution in [3.63, 3.8) is 0 Å². The molecular weight excluding hydrogens is 300 g/mol. The quantitative estimate of drug-likeness (QED) is 0.938. The SMILES string of the molecule is CS(=O)(=O)Cc1ccc(C(=O)Nc2cccc(C#N)c2)cc1. The van der Waals surface area contributed by atoms with E-state index in [-0.39, 0.29) is 11.7 Å². The van der Waals surface area contributed by atoms with Gasteiger partial charge in [-0.1, -0.05) is 18.2 Å². The van der Waals surface area contributed by atoms with Crippen molar-refractivity contribution in [1.29, 1.82) is 5.26 Å². The largest absolute Gasteiger partial charge is 0.322 e.